The summed E-state index contributed by atoms with van der Waals surface area (Å²) >= 11 is 0. The molecular formula is H3Cs2NO3. The molecule has 0 heterocycles. The third-order valence-corrected chi connectivity index (χ3v) is 0. The third-order valence-electron chi connectivity index (χ3n) is 0. The second-order valence-corrected chi connectivity index (χ2v) is 0.238. The maximum absolute atomic E-state index is 8.36. The van der Waals surface area contributed by atoms with Crippen LogP contribution in [0.4, 0.5) is 0 Å². The van der Waals surface area contributed by atoms with Crippen molar-refractivity contribution >= 4 is 0 Å². The van der Waals surface area contributed by atoms with Gasteiger partial charge in [-0.15, -0.1) is 10.1 Å². The first-order valence-corrected chi connectivity index (χ1v) is 0.565. The van der Waals surface area contributed by atoms with Crippen LogP contribution >= 0.6 is 0 Å². The van der Waals surface area contributed by atoms with Gasteiger partial charge in [0, 0.05) is 0 Å². The normalized spacial score (nSPS) is 4.00. The molecule has 0 amide bonds. The zero-order chi connectivity index (χ0) is 3.58. The number of hydrogen-bond donors (Lipinski definition) is 1. The fraction of sp³-hybridized carbons (Fsp3) is 0. The van der Waals surface area contributed by atoms with E-state index in [4.69, 9.17) is 15.3 Å². The first-order chi connectivity index (χ1) is 1.73. The molecule has 0 saturated carbocycles. The summed E-state index contributed by atoms with van der Waals surface area (Å²) in [6.07, 6.45) is 0. The Morgan fingerprint density at radius 1 is 1.67 bits per heavy atom. The van der Waals surface area contributed by atoms with Gasteiger partial charge in [-0.25, -0.2) is 0 Å². The summed E-state index contributed by atoms with van der Waals surface area (Å²) in [6.45, 7) is 0. The molecule has 4 nitrogen and oxygen atoms in total. The van der Waals surface area contributed by atoms with Crippen LogP contribution in [0.5, 0.6) is 0 Å². The number of rotatable bonds is 0. The molecule has 0 aliphatic rings. The van der Waals surface area contributed by atoms with Crippen LogP contribution in [0.1, 0.15) is 2.85 Å². The Balaban J connectivity index is -0.00000000750. The van der Waals surface area contributed by atoms with Crippen molar-refractivity contribution in [3.05, 3.63) is 10.1 Å². The molecule has 0 spiro atoms. The van der Waals surface area contributed by atoms with Gasteiger partial charge in [0.2, 0.25) is 0 Å². The number of nitrogens with zero attached hydrogens (tertiary/aromatic N) is 1. The standard InChI is InChI=1S/2Cs.HNO3.2H/c;;2-1(3)4;;/h;;(H,2,3,4);;/q2*+1;;2*-1. The summed E-state index contributed by atoms with van der Waals surface area (Å²) in [5.41, 5.74) is 0. The van der Waals surface area contributed by atoms with Crippen molar-refractivity contribution in [2.45, 2.75) is 0 Å². The fourth-order valence-electron chi connectivity index (χ4n) is 0. The molecule has 0 aliphatic heterocycles. The van der Waals surface area contributed by atoms with E-state index < -0.39 is 5.09 Å². The van der Waals surface area contributed by atoms with Gasteiger partial charge in [-0.1, -0.05) is 0 Å². The Kier molecular flexibility index (Phi) is 30.0. The van der Waals surface area contributed by atoms with E-state index in [2.05, 4.69) is 0 Å². The van der Waals surface area contributed by atoms with Gasteiger partial charge < -0.3 is 8.06 Å². The van der Waals surface area contributed by atoms with E-state index in [9.17, 15) is 0 Å². The Morgan fingerprint density at radius 2 is 1.67 bits per heavy atom. The maximum Gasteiger partial charge on any atom is 1.00 e. The van der Waals surface area contributed by atoms with E-state index in [0.29, 0.717) is 0 Å². The monoisotopic (exact) mass is 331 g/mol. The summed E-state index contributed by atoms with van der Waals surface area (Å²) in [6, 6.07) is 0. The Hall–Kier alpha value is 3.30. The molecule has 0 aromatic carbocycles. The van der Waals surface area contributed by atoms with E-state index in [1.807, 2.05) is 0 Å². The largest absolute Gasteiger partial charge is 1.00 e. The molecular weight excluding hydrogens is 328 g/mol. The minimum atomic E-state index is -1.50. The quantitative estimate of drug-likeness (QED) is 0.355. The maximum atomic E-state index is 8.36. The van der Waals surface area contributed by atoms with Gasteiger partial charge in [0.1, 0.15) is 0 Å². The molecule has 0 aromatic rings. The van der Waals surface area contributed by atoms with Crippen LogP contribution < -0.4 is 138 Å². The van der Waals surface area contributed by atoms with Crippen molar-refractivity contribution in [3.8, 4) is 0 Å². The summed E-state index contributed by atoms with van der Waals surface area (Å²) in [7, 11) is 0. The van der Waals surface area contributed by atoms with Gasteiger partial charge in [0.15, 0.2) is 0 Å². The minimum absolute atomic E-state index is 0. The van der Waals surface area contributed by atoms with Crippen LogP contribution in [-0.4, -0.2) is 10.3 Å². The predicted octanol–water partition coefficient (Wildman–Crippen LogP) is -6.11. The van der Waals surface area contributed by atoms with Crippen LogP contribution in [0.15, 0.2) is 0 Å². The van der Waals surface area contributed by atoms with E-state index in [1.54, 1.807) is 0 Å². The topological polar surface area (TPSA) is 63.4 Å². The van der Waals surface area contributed by atoms with Crippen LogP contribution in [0, 0.1) is 10.1 Å². The van der Waals surface area contributed by atoms with Crippen molar-refractivity contribution in [2.75, 3.05) is 0 Å². The summed E-state index contributed by atoms with van der Waals surface area (Å²) < 4.78 is 0. The van der Waals surface area contributed by atoms with Crippen LogP contribution in [0.25, 0.3) is 0 Å². The molecule has 0 saturated heterocycles. The molecule has 1 N–H and O–H groups in total. The molecule has 0 radical (unpaired) electrons. The van der Waals surface area contributed by atoms with Gasteiger partial charge in [-0.05, 0) is 0 Å². The van der Waals surface area contributed by atoms with Crippen molar-refractivity contribution in [2.24, 2.45) is 0 Å². The van der Waals surface area contributed by atoms with Gasteiger partial charge in [0.25, 0.3) is 5.09 Å². The predicted molar refractivity (Wildman–Crippen MR) is 11.0 cm³/mol. The molecule has 0 atom stereocenters. The molecule has 28 valence electrons. The molecule has 6 heteroatoms. The second-order valence-electron chi connectivity index (χ2n) is 0.238. The van der Waals surface area contributed by atoms with Crippen LogP contribution in [0.2, 0.25) is 0 Å². The van der Waals surface area contributed by atoms with Gasteiger partial charge in [0.05, 0.1) is 0 Å². The Morgan fingerprint density at radius 3 is 1.67 bits per heavy atom. The van der Waals surface area contributed by atoms with E-state index in [-0.39, 0.29) is 141 Å². The Bertz CT molecular complexity index is 38.3. The van der Waals surface area contributed by atoms with E-state index in [1.165, 1.54) is 0 Å². The molecule has 0 unspecified atom stereocenters. The zero-order valence-corrected chi connectivity index (χ0v) is 16.3. The average molecular weight is 331 g/mol. The van der Waals surface area contributed by atoms with E-state index in [0.717, 1.165) is 0 Å². The van der Waals surface area contributed by atoms with Crippen molar-refractivity contribution in [1.29, 1.82) is 0 Å². The minimum Gasteiger partial charge on any atom is -1.00 e. The average Bonchev–Trinajstić information content (AvgIpc) is 0.811. The van der Waals surface area contributed by atoms with Crippen molar-refractivity contribution in [1.82, 2.24) is 0 Å². The van der Waals surface area contributed by atoms with Crippen LogP contribution in [-0.2, 0) is 0 Å². The molecule has 0 fully saturated rings. The van der Waals surface area contributed by atoms with Gasteiger partial charge in [-0.2, -0.15) is 0 Å². The van der Waals surface area contributed by atoms with Gasteiger partial charge >= 0.3 is 138 Å². The summed E-state index contributed by atoms with van der Waals surface area (Å²) in [4.78, 5) is 8.36. The zero-order valence-electron chi connectivity index (χ0n) is 5.71. The van der Waals surface area contributed by atoms with E-state index >= 15 is 0 Å². The number of hydrogen-bond acceptors (Lipinski definition) is 2. The van der Waals surface area contributed by atoms with Gasteiger partial charge in [-0.3, -0.25) is 0 Å². The smallest absolute Gasteiger partial charge is 1.00 e. The first-order valence-electron chi connectivity index (χ1n) is 0.565. The van der Waals surface area contributed by atoms with Crippen molar-refractivity contribution in [3.63, 3.8) is 0 Å². The fourth-order valence-corrected chi connectivity index (χ4v) is 0. The summed E-state index contributed by atoms with van der Waals surface area (Å²) in [5.74, 6) is 0. The first kappa shape index (κ1) is 16.1. The Labute approximate surface area is 155 Å². The molecule has 0 bridgehead atoms. The third kappa shape index (κ3) is 26.6. The second kappa shape index (κ2) is 11.1. The molecule has 0 aliphatic carbocycles. The molecule has 0 aromatic heterocycles. The van der Waals surface area contributed by atoms with Crippen LogP contribution in [0.3, 0.4) is 0 Å². The molecule has 0 rings (SSSR count). The molecule has 6 heavy (non-hydrogen) atoms. The SMILES string of the molecule is O=[N+]([O-])O.[Cs+].[Cs+].[H-].[H-]. The summed E-state index contributed by atoms with van der Waals surface area (Å²) in [5, 5.41) is 13.6. The van der Waals surface area contributed by atoms with Crippen molar-refractivity contribution < 1.29 is 151 Å².